The summed E-state index contributed by atoms with van der Waals surface area (Å²) >= 11 is 0. The van der Waals surface area contributed by atoms with Crippen LogP contribution in [0.4, 0.5) is 0 Å². The molecule has 0 fully saturated rings. The number of carbonyl (C=O) groups is 1. The third kappa shape index (κ3) is 4.49. The van der Waals surface area contributed by atoms with Crippen LogP contribution in [0.15, 0.2) is 6.08 Å². The maximum Gasteiger partial charge on any atom is 0.255 e. The van der Waals surface area contributed by atoms with Gasteiger partial charge < -0.3 is 25.5 Å². The lowest BCUT2D eigenvalue weighted by Gasteiger charge is -2.20. The van der Waals surface area contributed by atoms with E-state index in [-0.39, 0.29) is 11.5 Å². The maximum absolute atomic E-state index is 12.1. The number of phenols is 2. The maximum atomic E-state index is 12.1. The summed E-state index contributed by atoms with van der Waals surface area (Å²) in [5.41, 5.74) is 0.329. The molecule has 0 aliphatic heterocycles. The zero-order valence-corrected chi connectivity index (χ0v) is 15.3. The van der Waals surface area contributed by atoms with Crippen molar-refractivity contribution < 1.29 is 20.1 Å². The van der Waals surface area contributed by atoms with E-state index in [0.717, 1.165) is 0 Å². The van der Waals surface area contributed by atoms with Gasteiger partial charge in [-0.2, -0.15) is 0 Å². The SMILES string of the molecule is Cc1c(C)c(O)c(C=CC(C)(O)C(=O)NCCN(C)C)c(C)c1O. The molecule has 0 spiro atoms. The molecule has 4 N–H and O–H groups in total. The number of rotatable bonds is 6. The number of nitrogens with one attached hydrogen (secondary N) is 1. The molecule has 24 heavy (non-hydrogen) atoms. The van der Waals surface area contributed by atoms with Crippen LogP contribution < -0.4 is 5.32 Å². The summed E-state index contributed by atoms with van der Waals surface area (Å²) in [6.07, 6.45) is 2.77. The fourth-order valence-electron chi connectivity index (χ4n) is 2.24. The predicted octanol–water partition coefficient (Wildman–Crippen LogP) is 1.47. The molecule has 1 unspecified atom stereocenters. The molecule has 0 aliphatic carbocycles. The van der Waals surface area contributed by atoms with Gasteiger partial charge in [-0.3, -0.25) is 4.79 Å². The second kappa shape index (κ2) is 7.68. The number of hydrogen-bond donors (Lipinski definition) is 4. The molecule has 1 rings (SSSR count). The van der Waals surface area contributed by atoms with E-state index in [1.807, 2.05) is 19.0 Å². The molecular weight excluding hydrogens is 308 g/mol. The predicted molar refractivity (Wildman–Crippen MR) is 95.2 cm³/mol. The number of benzene rings is 1. The van der Waals surface area contributed by atoms with Crippen molar-refractivity contribution in [3.8, 4) is 11.5 Å². The molecule has 0 saturated heterocycles. The lowest BCUT2D eigenvalue weighted by atomic mass is 9.95. The Labute approximate surface area is 143 Å². The number of aromatic hydroxyl groups is 2. The zero-order valence-electron chi connectivity index (χ0n) is 15.3. The molecule has 6 heteroatoms. The van der Waals surface area contributed by atoms with E-state index < -0.39 is 11.5 Å². The number of amides is 1. The number of nitrogens with zero attached hydrogens (tertiary/aromatic N) is 1. The Morgan fingerprint density at radius 3 is 2.21 bits per heavy atom. The van der Waals surface area contributed by atoms with Gasteiger partial charge in [-0.15, -0.1) is 0 Å². The highest BCUT2D eigenvalue weighted by Crippen LogP contribution is 2.37. The normalized spacial score (nSPS) is 14.2. The molecule has 1 aromatic rings. The van der Waals surface area contributed by atoms with Crippen molar-refractivity contribution >= 4 is 12.0 Å². The average Bonchev–Trinajstić information content (AvgIpc) is 2.50. The first-order valence-corrected chi connectivity index (χ1v) is 7.85. The summed E-state index contributed by atoms with van der Waals surface area (Å²) in [6, 6.07) is 0. The van der Waals surface area contributed by atoms with E-state index in [2.05, 4.69) is 5.32 Å². The minimum Gasteiger partial charge on any atom is -0.507 e. The first-order valence-electron chi connectivity index (χ1n) is 7.85. The molecule has 0 radical (unpaired) electrons. The Balaban J connectivity index is 3.01. The third-order valence-corrected chi connectivity index (χ3v) is 4.17. The van der Waals surface area contributed by atoms with Gasteiger partial charge in [0.25, 0.3) is 5.91 Å². The van der Waals surface area contributed by atoms with Crippen LogP contribution in [0.5, 0.6) is 11.5 Å². The molecule has 0 bridgehead atoms. The van der Waals surface area contributed by atoms with Crippen LogP contribution in [0.3, 0.4) is 0 Å². The largest absolute Gasteiger partial charge is 0.507 e. The van der Waals surface area contributed by atoms with Gasteiger partial charge in [0.1, 0.15) is 11.5 Å². The van der Waals surface area contributed by atoms with Gasteiger partial charge in [-0.1, -0.05) is 6.08 Å². The Bertz CT molecular complexity index is 620. The Morgan fingerprint density at radius 2 is 1.67 bits per heavy atom. The number of aliphatic hydroxyl groups is 1. The highest BCUT2D eigenvalue weighted by molar-refractivity contribution is 5.88. The van der Waals surface area contributed by atoms with Gasteiger partial charge in [0.15, 0.2) is 5.60 Å². The summed E-state index contributed by atoms with van der Waals surface area (Å²) in [6.45, 7) is 7.56. The van der Waals surface area contributed by atoms with Crippen LogP contribution in [0, 0.1) is 20.8 Å². The molecule has 0 aliphatic rings. The average molecular weight is 336 g/mol. The van der Waals surface area contributed by atoms with Crippen molar-refractivity contribution in [2.45, 2.75) is 33.3 Å². The molecular formula is C18H28N2O4. The second-order valence-corrected chi connectivity index (χ2v) is 6.53. The van der Waals surface area contributed by atoms with Crippen LogP contribution in [-0.2, 0) is 4.79 Å². The minimum atomic E-state index is -1.72. The van der Waals surface area contributed by atoms with Crippen LogP contribution in [0.25, 0.3) is 6.08 Å². The summed E-state index contributed by atoms with van der Waals surface area (Å²) in [5.74, 6) is -0.395. The molecule has 0 heterocycles. The smallest absolute Gasteiger partial charge is 0.255 e. The highest BCUT2D eigenvalue weighted by Gasteiger charge is 2.27. The van der Waals surface area contributed by atoms with Crippen LogP contribution in [0.2, 0.25) is 0 Å². The van der Waals surface area contributed by atoms with E-state index in [1.54, 1.807) is 20.8 Å². The molecule has 1 aromatic carbocycles. The number of likely N-dealkylation sites (N-methyl/N-ethyl adjacent to an activating group) is 1. The van der Waals surface area contributed by atoms with Crippen molar-refractivity contribution in [3.63, 3.8) is 0 Å². The molecule has 6 nitrogen and oxygen atoms in total. The molecule has 1 atom stereocenters. The van der Waals surface area contributed by atoms with Crippen molar-refractivity contribution in [1.29, 1.82) is 0 Å². The Morgan fingerprint density at radius 1 is 1.12 bits per heavy atom. The van der Waals surface area contributed by atoms with Crippen LogP contribution >= 0.6 is 0 Å². The fourth-order valence-corrected chi connectivity index (χ4v) is 2.24. The first-order chi connectivity index (χ1) is 11.0. The lowest BCUT2D eigenvalue weighted by Crippen LogP contribution is -2.44. The van der Waals surface area contributed by atoms with Crippen molar-refractivity contribution in [3.05, 3.63) is 28.3 Å². The molecule has 0 aromatic heterocycles. The van der Waals surface area contributed by atoms with Crippen molar-refractivity contribution in [2.75, 3.05) is 27.2 Å². The van der Waals surface area contributed by atoms with Gasteiger partial charge in [0, 0.05) is 24.2 Å². The summed E-state index contributed by atoms with van der Waals surface area (Å²) in [5, 5.41) is 33.4. The number of phenolic OH excluding ortho intramolecular Hbond substituents is 2. The first kappa shape index (κ1) is 20.0. The number of carbonyl (C=O) groups excluding carboxylic acids is 1. The molecule has 1 amide bonds. The van der Waals surface area contributed by atoms with Crippen LogP contribution in [-0.4, -0.2) is 58.9 Å². The Kier molecular flexibility index (Phi) is 6.40. The van der Waals surface area contributed by atoms with Crippen molar-refractivity contribution in [2.24, 2.45) is 0 Å². The van der Waals surface area contributed by atoms with E-state index in [1.165, 1.54) is 19.1 Å². The van der Waals surface area contributed by atoms with E-state index in [9.17, 15) is 20.1 Å². The van der Waals surface area contributed by atoms with Gasteiger partial charge >= 0.3 is 0 Å². The van der Waals surface area contributed by atoms with Gasteiger partial charge in [-0.25, -0.2) is 0 Å². The van der Waals surface area contributed by atoms with Gasteiger partial charge in [-0.05, 0) is 59.0 Å². The fraction of sp³-hybridized carbons (Fsp3) is 0.500. The quantitative estimate of drug-likeness (QED) is 0.590. The number of hydrogen-bond acceptors (Lipinski definition) is 5. The van der Waals surface area contributed by atoms with Gasteiger partial charge in [0.2, 0.25) is 0 Å². The summed E-state index contributed by atoms with van der Waals surface area (Å²) < 4.78 is 0. The molecule has 134 valence electrons. The van der Waals surface area contributed by atoms with E-state index in [4.69, 9.17) is 0 Å². The monoisotopic (exact) mass is 336 g/mol. The standard InChI is InChI=1S/C18H28N2O4/c1-11-12(2)16(22)14(13(3)15(11)21)7-8-18(4,24)17(23)19-9-10-20(5)6/h7-8,21-22,24H,9-10H2,1-6H3,(H,19,23). The Hall–Kier alpha value is -2.05. The summed E-state index contributed by atoms with van der Waals surface area (Å²) in [7, 11) is 3.78. The molecule has 0 saturated carbocycles. The van der Waals surface area contributed by atoms with E-state index in [0.29, 0.717) is 35.3 Å². The summed E-state index contributed by atoms with van der Waals surface area (Å²) in [4.78, 5) is 14.0. The van der Waals surface area contributed by atoms with Crippen LogP contribution in [0.1, 0.15) is 29.2 Å². The lowest BCUT2D eigenvalue weighted by molar-refractivity contribution is -0.133. The van der Waals surface area contributed by atoms with Gasteiger partial charge in [0.05, 0.1) is 0 Å². The minimum absolute atomic E-state index is 0.0304. The highest BCUT2D eigenvalue weighted by atomic mass is 16.3. The van der Waals surface area contributed by atoms with Crippen molar-refractivity contribution in [1.82, 2.24) is 10.2 Å². The zero-order chi connectivity index (χ0) is 18.7. The van der Waals surface area contributed by atoms with E-state index >= 15 is 0 Å². The third-order valence-electron chi connectivity index (χ3n) is 4.17. The second-order valence-electron chi connectivity index (χ2n) is 6.53. The topological polar surface area (TPSA) is 93.0 Å².